The highest BCUT2D eigenvalue weighted by Gasteiger charge is 2.20. The fourth-order valence-electron chi connectivity index (χ4n) is 7.10. The zero-order chi connectivity index (χ0) is 34.3. The highest BCUT2D eigenvalue weighted by molar-refractivity contribution is 5.92. The van der Waals surface area contributed by atoms with Gasteiger partial charge < -0.3 is 5.32 Å². The highest BCUT2D eigenvalue weighted by Crippen LogP contribution is 2.27. The topological polar surface area (TPSA) is 84.0 Å². The summed E-state index contributed by atoms with van der Waals surface area (Å²) < 4.78 is 0. The number of carbonyl (C=O) groups is 2. The van der Waals surface area contributed by atoms with Crippen LogP contribution in [-0.4, -0.2) is 21.8 Å². The van der Waals surface area contributed by atoms with Crippen molar-refractivity contribution in [2.75, 3.05) is 10.6 Å². The van der Waals surface area contributed by atoms with E-state index in [1.165, 1.54) is 154 Å². The van der Waals surface area contributed by atoms with E-state index in [-0.39, 0.29) is 11.8 Å². The summed E-state index contributed by atoms with van der Waals surface area (Å²) in [5.74, 6) is 0.962. The zero-order valence-electron chi connectivity index (χ0n) is 31.8. The molecule has 6 nitrogen and oxygen atoms in total. The van der Waals surface area contributed by atoms with Crippen molar-refractivity contribution in [2.45, 2.75) is 232 Å². The number of aryl methyl sites for hydroxylation is 1. The molecule has 0 spiro atoms. The van der Waals surface area contributed by atoms with Gasteiger partial charge in [-0.25, -0.2) is 4.98 Å². The van der Waals surface area contributed by atoms with E-state index in [2.05, 4.69) is 34.4 Å². The maximum Gasteiger partial charge on any atom is 0.231 e. The number of amides is 2. The highest BCUT2D eigenvalue weighted by atomic mass is 16.2. The van der Waals surface area contributed by atoms with Crippen molar-refractivity contribution >= 4 is 23.6 Å². The molecular weight excluding hydrogens is 592 g/mol. The predicted molar refractivity (Wildman–Crippen MR) is 206 cm³/mol. The van der Waals surface area contributed by atoms with E-state index in [9.17, 15) is 9.59 Å². The van der Waals surface area contributed by atoms with Gasteiger partial charge in [0.05, 0.1) is 5.69 Å². The van der Waals surface area contributed by atoms with Gasteiger partial charge >= 0.3 is 0 Å². The maximum atomic E-state index is 12.9. The molecule has 6 heteroatoms. The third-order valence-corrected chi connectivity index (χ3v) is 10.2. The fraction of sp³-hybridized carbons (Fsp3) is 0.857. The van der Waals surface area contributed by atoms with Crippen molar-refractivity contribution in [1.82, 2.24) is 9.97 Å². The Morgan fingerprint density at radius 2 is 0.812 bits per heavy atom. The van der Waals surface area contributed by atoms with Crippen LogP contribution in [0.2, 0.25) is 0 Å². The van der Waals surface area contributed by atoms with E-state index < -0.39 is 0 Å². The largest absolute Gasteiger partial charge is 0.310 e. The molecule has 0 radical (unpaired) electrons. The van der Waals surface area contributed by atoms with E-state index in [0.717, 1.165) is 62.6 Å². The summed E-state index contributed by atoms with van der Waals surface area (Å²) in [4.78, 5) is 34.9. The summed E-state index contributed by atoms with van der Waals surface area (Å²) in [6.45, 7) is 4.56. The minimum absolute atomic E-state index is 0.0237. The van der Waals surface area contributed by atoms with Crippen LogP contribution in [0.25, 0.3) is 0 Å². The van der Waals surface area contributed by atoms with Crippen molar-refractivity contribution in [2.24, 2.45) is 0 Å². The molecule has 276 valence electrons. The average Bonchev–Trinajstić information content (AvgIpc) is 3.08. The quantitative estimate of drug-likeness (QED) is 0.0748. The first-order chi connectivity index (χ1) is 23.6. The molecule has 0 unspecified atom stereocenters. The molecule has 2 amide bonds. The van der Waals surface area contributed by atoms with Crippen LogP contribution in [0.4, 0.5) is 11.8 Å². The summed E-state index contributed by atoms with van der Waals surface area (Å²) >= 11 is 0. The predicted octanol–water partition coefficient (Wildman–Crippen LogP) is 13.0. The van der Waals surface area contributed by atoms with Gasteiger partial charge in [-0.3, -0.25) is 14.9 Å². The van der Waals surface area contributed by atoms with Gasteiger partial charge in [-0.15, -0.1) is 0 Å². The standard InChI is InChI=1S/C42H76N4O2/c1-3-5-7-9-11-13-15-17-19-21-23-25-27-29-35-39(47)44-41-37-33-31-32-34-38(37)43-42(46-41)45-40(48)36-30-28-26-24-22-20-18-16-14-12-10-8-6-4-2/h3-36H2,1-2H3,(H2,43,44,45,46,47,48). The average molecular weight is 669 g/mol. The normalized spacial score (nSPS) is 12.6. The number of nitrogens with one attached hydrogen (secondary N) is 2. The van der Waals surface area contributed by atoms with Crippen molar-refractivity contribution in [3.05, 3.63) is 11.3 Å². The second-order valence-electron chi connectivity index (χ2n) is 14.8. The number of fused-ring (bicyclic) bond motifs is 1. The monoisotopic (exact) mass is 669 g/mol. The summed E-state index contributed by atoms with van der Waals surface area (Å²) in [5.41, 5.74) is 2.04. The SMILES string of the molecule is CCCCCCCCCCCCCCCCC(=O)Nc1nc2c(c(NC(=O)CCCCCCCCCCCCCCCC)n1)CCCC2. The van der Waals surface area contributed by atoms with E-state index in [4.69, 9.17) is 0 Å². The lowest BCUT2D eigenvalue weighted by molar-refractivity contribution is -0.117. The Labute approximate surface area is 296 Å². The Morgan fingerprint density at radius 1 is 0.458 bits per heavy atom. The number of anilines is 2. The zero-order valence-corrected chi connectivity index (χ0v) is 31.8. The second kappa shape index (κ2) is 29.9. The fourth-order valence-corrected chi connectivity index (χ4v) is 7.10. The van der Waals surface area contributed by atoms with Gasteiger partial charge in [0.1, 0.15) is 5.82 Å². The third kappa shape index (κ3) is 21.9. The van der Waals surface area contributed by atoms with Crippen LogP contribution in [0.15, 0.2) is 0 Å². The molecule has 0 aliphatic heterocycles. The number of nitrogens with zero attached hydrogens (tertiary/aromatic N) is 2. The lowest BCUT2D eigenvalue weighted by Crippen LogP contribution is -2.21. The third-order valence-electron chi connectivity index (χ3n) is 10.2. The molecule has 1 aliphatic carbocycles. The summed E-state index contributed by atoms with van der Waals surface area (Å²) in [6.07, 6.45) is 41.5. The lowest BCUT2D eigenvalue weighted by atomic mass is 9.96. The molecule has 1 heterocycles. The minimum Gasteiger partial charge on any atom is -0.310 e. The van der Waals surface area contributed by atoms with Crippen molar-refractivity contribution in [3.8, 4) is 0 Å². The molecular formula is C42H76N4O2. The van der Waals surface area contributed by atoms with Gasteiger partial charge in [0.25, 0.3) is 0 Å². The summed E-state index contributed by atoms with van der Waals surface area (Å²) in [6, 6.07) is 0. The van der Waals surface area contributed by atoms with Crippen molar-refractivity contribution < 1.29 is 9.59 Å². The van der Waals surface area contributed by atoms with Gasteiger partial charge in [0, 0.05) is 18.4 Å². The van der Waals surface area contributed by atoms with Crippen LogP contribution in [0.5, 0.6) is 0 Å². The van der Waals surface area contributed by atoms with Gasteiger partial charge in [-0.05, 0) is 38.5 Å². The van der Waals surface area contributed by atoms with E-state index in [1.54, 1.807) is 0 Å². The first kappa shape index (κ1) is 42.2. The summed E-state index contributed by atoms with van der Waals surface area (Å²) in [7, 11) is 0. The Balaban J connectivity index is 1.56. The number of rotatable bonds is 32. The van der Waals surface area contributed by atoms with Crippen molar-refractivity contribution in [3.63, 3.8) is 0 Å². The summed E-state index contributed by atoms with van der Waals surface area (Å²) in [5, 5.41) is 6.02. The first-order valence-electron chi connectivity index (χ1n) is 21.1. The van der Waals surface area contributed by atoms with E-state index in [0.29, 0.717) is 24.6 Å². The maximum absolute atomic E-state index is 12.9. The Kier molecular flexibility index (Phi) is 26.3. The Bertz CT molecular complexity index is 950. The van der Waals surface area contributed by atoms with Gasteiger partial charge in [0.15, 0.2) is 0 Å². The first-order valence-corrected chi connectivity index (χ1v) is 21.1. The molecule has 1 aromatic rings. The molecule has 0 bridgehead atoms. The molecule has 1 aromatic heterocycles. The lowest BCUT2D eigenvalue weighted by Gasteiger charge is -2.19. The van der Waals surface area contributed by atoms with Gasteiger partial charge in [-0.1, -0.05) is 181 Å². The number of unbranched alkanes of at least 4 members (excludes halogenated alkanes) is 26. The smallest absolute Gasteiger partial charge is 0.231 e. The number of hydrogen-bond donors (Lipinski definition) is 2. The van der Waals surface area contributed by atoms with Crippen LogP contribution in [-0.2, 0) is 22.4 Å². The number of aromatic nitrogens is 2. The molecule has 48 heavy (non-hydrogen) atoms. The molecule has 0 fully saturated rings. The van der Waals surface area contributed by atoms with E-state index >= 15 is 0 Å². The van der Waals surface area contributed by atoms with Crippen molar-refractivity contribution in [1.29, 1.82) is 0 Å². The molecule has 0 atom stereocenters. The van der Waals surface area contributed by atoms with Crippen LogP contribution in [0.1, 0.15) is 231 Å². The van der Waals surface area contributed by atoms with Crippen LogP contribution < -0.4 is 10.6 Å². The molecule has 0 saturated carbocycles. The van der Waals surface area contributed by atoms with Crippen LogP contribution in [0.3, 0.4) is 0 Å². The Morgan fingerprint density at radius 3 is 1.23 bits per heavy atom. The minimum atomic E-state index is -0.0237. The number of carbonyl (C=O) groups excluding carboxylic acids is 2. The molecule has 2 N–H and O–H groups in total. The number of hydrogen-bond acceptors (Lipinski definition) is 4. The molecule has 2 rings (SSSR count). The van der Waals surface area contributed by atoms with Crippen LogP contribution >= 0.6 is 0 Å². The second-order valence-corrected chi connectivity index (χ2v) is 14.8. The van der Waals surface area contributed by atoms with Gasteiger partial charge in [0.2, 0.25) is 17.8 Å². The molecule has 0 aromatic carbocycles. The molecule has 0 saturated heterocycles. The molecule has 1 aliphatic rings. The van der Waals surface area contributed by atoms with Gasteiger partial charge in [-0.2, -0.15) is 4.98 Å². The Hall–Kier alpha value is -1.98. The van der Waals surface area contributed by atoms with E-state index in [1.807, 2.05) is 0 Å². The van der Waals surface area contributed by atoms with Crippen LogP contribution in [0, 0.1) is 0 Å².